The van der Waals surface area contributed by atoms with E-state index in [1.807, 2.05) is 0 Å². The molecule has 3 aromatic carbocycles. The molecule has 0 aliphatic heterocycles. The van der Waals surface area contributed by atoms with Crippen LogP contribution in [0.1, 0.15) is 36.0 Å². The van der Waals surface area contributed by atoms with Crippen molar-refractivity contribution in [1.29, 1.82) is 0 Å². The Balaban J connectivity index is 1.91. The number of nitrogens with one attached hydrogen (secondary N) is 1. The minimum absolute atomic E-state index is 0.0443. The molecule has 37 heavy (non-hydrogen) atoms. The minimum atomic E-state index is -4.98. The van der Waals surface area contributed by atoms with Crippen molar-refractivity contribution in [3.8, 4) is 11.5 Å². The molecule has 0 aromatic heterocycles. The summed E-state index contributed by atoms with van der Waals surface area (Å²) in [5.41, 5.74) is -0.805. The van der Waals surface area contributed by atoms with Crippen molar-refractivity contribution in [3.05, 3.63) is 95.6 Å². The van der Waals surface area contributed by atoms with Gasteiger partial charge < -0.3 is 14.8 Å². The molecule has 1 amide bonds. The maximum Gasteiger partial charge on any atom is 0.573 e. The smallest absolute Gasteiger partial charge is 0.406 e. The second-order valence-corrected chi connectivity index (χ2v) is 8.82. The highest BCUT2D eigenvalue weighted by atomic mass is 19.4. The predicted molar refractivity (Wildman–Crippen MR) is 123 cm³/mol. The van der Waals surface area contributed by atoms with Crippen LogP contribution in [-0.2, 0) is 16.6 Å². The van der Waals surface area contributed by atoms with Gasteiger partial charge in [0.1, 0.15) is 16.9 Å². The number of rotatable bonds is 8. The van der Waals surface area contributed by atoms with Crippen molar-refractivity contribution in [1.82, 2.24) is 5.32 Å². The highest BCUT2D eigenvalue weighted by Crippen LogP contribution is 2.41. The average molecular weight is 523 g/mol. The molecule has 0 atom stereocenters. The van der Waals surface area contributed by atoms with Gasteiger partial charge in [-0.3, -0.25) is 4.79 Å². The van der Waals surface area contributed by atoms with Crippen molar-refractivity contribution in [2.45, 2.75) is 49.9 Å². The third-order valence-corrected chi connectivity index (χ3v) is 6.26. The van der Waals surface area contributed by atoms with Crippen molar-refractivity contribution in [3.63, 3.8) is 0 Å². The van der Waals surface area contributed by atoms with Crippen LogP contribution in [-0.4, -0.2) is 24.7 Å². The second kappa shape index (κ2) is 10.4. The molecule has 1 aliphatic carbocycles. The molecule has 0 radical (unpaired) electrons. The molecule has 0 unspecified atom stereocenters. The summed E-state index contributed by atoms with van der Waals surface area (Å²) < 4.78 is 86.3. The zero-order chi connectivity index (χ0) is 26.7. The fourth-order valence-electron chi connectivity index (χ4n) is 4.39. The number of carbonyl (C=O) groups excluding carboxylic acids is 1. The first-order chi connectivity index (χ1) is 17.4. The van der Waals surface area contributed by atoms with Crippen LogP contribution in [0.4, 0.5) is 26.3 Å². The summed E-state index contributed by atoms with van der Waals surface area (Å²) >= 11 is 0. The standard InChI is InChI=1S/C27H23F6NO3/c28-26(29,30)36-22-13-4-9-19(15-22)25(17-18-7-2-1-3-8-18,24(35)34-21-11-6-12-21)20-10-5-14-23(16-20)37-27(31,32)33/h1-5,7-10,13-16,21H,6,11-12,17H2,(H,34,35). The highest BCUT2D eigenvalue weighted by Gasteiger charge is 2.45. The summed E-state index contributed by atoms with van der Waals surface area (Å²) in [6.45, 7) is 0. The molecule has 1 N–H and O–H groups in total. The van der Waals surface area contributed by atoms with E-state index in [9.17, 15) is 31.1 Å². The molecule has 1 aliphatic rings. The Hall–Kier alpha value is -3.69. The molecule has 4 nitrogen and oxygen atoms in total. The number of hydrogen-bond donors (Lipinski definition) is 1. The van der Waals surface area contributed by atoms with Crippen LogP contribution >= 0.6 is 0 Å². The lowest BCUT2D eigenvalue weighted by molar-refractivity contribution is -0.275. The van der Waals surface area contributed by atoms with E-state index in [2.05, 4.69) is 14.8 Å². The van der Waals surface area contributed by atoms with Gasteiger partial charge in [-0.05, 0) is 66.6 Å². The van der Waals surface area contributed by atoms with Crippen molar-refractivity contribution in [2.24, 2.45) is 0 Å². The van der Waals surface area contributed by atoms with Crippen LogP contribution < -0.4 is 14.8 Å². The van der Waals surface area contributed by atoms with Gasteiger partial charge in [-0.15, -0.1) is 26.3 Å². The Morgan fingerprint density at radius 3 is 1.70 bits per heavy atom. The van der Waals surface area contributed by atoms with Gasteiger partial charge in [0.05, 0.1) is 0 Å². The molecule has 196 valence electrons. The van der Waals surface area contributed by atoms with E-state index in [-0.39, 0.29) is 23.6 Å². The number of alkyl halides is 6. The Morgan fingerprint density at radius 2 is 1.27 bits per heavy atom. The zero-order valence-corrected chi connectivity index (χ0v) is 19.4. The van der Waals surface area contributed by atoms with E-state index in [0.29, 0.717) is 5.56 Å². The lowest BCUT2D eigenvalue weighted by Crippen LogP contribution is -2.52. The van der Waals surface area contributed by atoms with Crippen LogP contribution in [0.2, 0.25) is 0 Å². The van der Waals surface area contributed by atoms with Crippen LogP contribution in [0, 0.1) is 0 Å². The molecule has 10 heteroatoms. The topological polar surface area (TPSA) is 47.6 Å². The van der Waals surface area contributed by atoms with E-state index in [0.717, 1.165) is 43.5 Å². The van der Waals surface area contributed by atoms with Gasteiger partial charge in [0.2, 0.25) is 5.91 Å². The van der Waals surface area contributed by atoms with Crippen molar-refractivity contribution < 1.29 is 40.6 Å². The molecule has 0 saturated heterocycles. The summed E-state index contributed by atoms with van der Waals surface area (Å²) in [4.78, 5) is 14.0. The molecule has 3 aromatic rings. The molecule has 0 spiro atoms. The summed E-state index contributed by atoms with van der Waals surface area (Å²) in [6, 6.07) is 18.5. The molecule has 0 heterocycles. The highest BCUT2D eigenvalue weighted by molar-refractivity contribution is 5.93. The molecule has 1 saturated carbocycles. The van der Waals surface area contributed by atoms with Gasteiger partial charge in [0.25, 0.3) is 0 Å². The average Bonchev–Trinajstić information content (AvgIpc) is 2.78. The lowest BCUT2D eigenvalue weighted by Gasteiger charge is -2.37. The minimum Gasteiger partial charge on any atom is -0.406 e. The summed E-state index contributed by atoms with van der Waals surface area (Å²) in [6.07, 6.45) is -7.65. The van der Waals surface area contributed by atoms with Crippen LogP contribution in [0.3, 0.4) is 0 Å². The second-order valence-electron chi connectivity index (χ2n) is 8.82. The first kappa shape index (κ1) is 26.4. The molecule has 4 rings (SSSR count). The number of ether oxygens (including phenoxy) is 2. The van der Waals surface area contributed by atoms with Crippen LogP contribution in [0.15, 0.2) is 78.9 Å². The Morgan fingerprint density at radius 1 is 0.757 bits per heavy atom. The summed E-state index contributed by atoms with van der Waals surface area (Å²) in [5.74, 6) is -1.66. The van der Waals surface area contributed by atoms with Crippen molar-refractivity contribution in [2.75, 3.05) is 0 Å². The first-order valence-corrected chi connectivity index (χ1v) is 11.5. The monoisotopic (exact) mass is 523 g/mol. The lowest BCUT2D eigenvalue weighted by atomic mass is 9.69. The zero-order valence-electron chi connectivity index (χ0n) is 19.4. The summed E-state index contributed by atoms with van der Waals surface area (Å²) in [5, 5.41) is 2.94. The van der Waals surface area contributed by atoms with Gasteiger partial charge in [0, 0.05) is 6.04 Å². The largest absolute Gasteiger partial charge is 0.573 e. The third-order valence-electron chi connectivity index (χ3n) is 6.26. The number of halogens is 6. The van der Waals surface area contributed by atoms with Gasteiger partial charge in [-0.25, -0.2) is 0 Å². The number of amides is 1. The third kappa shape index (κ3) is 6.55. The van der Waals surface area contributed by atoms with Gasteiger partial charge in [-0.1, -0.05) is 54.6 Å². The molecule has 0 bridgehead atoms. The SMILES string of the molecule is O=C(NC1CCC1)C(Cc1ccccc1)(c1cccc(OC(F)(F)F)c1)c1cccc(OC(F)(F)F)c1. The fraction of sp³-hybridized carbons (Fsp3) is 0.296. The number of hydrogen-bond acceptors (Lipinski definition) is 3. The normalized spacial score (nSPS) is 14.5. The van der Waals surface area contributed by atoms with E-state index >= 15 is 0 Å². The number of benzene rings is 3. The van der Waals surface area contributed by atoms with Gasteiger partial charge >= 0.3 is 12.7 Å². The predicted octanol–water partition coefficient (Wildman–Crippen LogP) is 6.68. The molecular formula is C27H23F6NO3. The Bertz CT molecular complexity index is 1160. The molecule has 1 fully saturated rings. The molecular weight excluding hydrogens is 500 g/mol. The Labute approximate surface area is 209 Å². The number of carbonyl (C=O) groups is 1. The van der Waals surface area contributed by atoms with Crippen LogP contribution in [0.25, 0.3) is 0 Å². The maximum absolute atomic E-state index is 14.0. The van der Waals surface area contributed by atoms with Gasteiger partial charge in [-0.2, -0.15) is 0 Å². The Kier molecular flexibility index (Phi) is 7.38. The van der Waals surface area contributed by atoms with Crippen LogP contribution in [0.5, 0.6) is 11.5 Å². The quantitative estimate of drug-likeness (QED) is 0.335. The first-order valence-electron chi connectivity index (χ1n) is 11.5. The van der Waals surface area contributed by atoms with Gasteiger partial charge in [0.15, 0.2) is 0 Å². The van der Waals surface area contributed by atoms with E-state index in [1.54, 1.807) is 30.3 Å². The van der Waals surface area contributed by atoms with Crippen molar-refractivity contribution >= 4 is 5.91 Å². The van der Waals surface area contributed by atoms with E-state index < -0.39 is 35.5 Å². The summed E-state index contributed by atoms with van der Waals surface area (Å²) in [7, 11) is 0. The van der Waals surface area contributed by atoms with E-state index in [4.69, 9.17) is 0 Å². The fourth-order valence-corrected chi connectivity index (χ4v) is 4.39. The van der Waals surface area contributed by atoms with E-state index in [1.165, 1.54) is 24.3 Å². The maximum atomic E-state index is 14.0.